The van der Waals surface area contributed by atoms with E-state index < -0.39 is 11.4 Å². The van der Waals surface area contributed by atoms with Gasteiger partial charge in [0.25, 0.3) is 11.8 Å². The van der Waals surface area contributed by atoms with E-state index in [1.165, 1.54) is 0 Å². The number of carbonyl (C=O) groups is 2. The largest absolute Gasteiger partial charge is 0.332 e. The van der Waals surface area contributed by atoms with Gasteiger partial charge in [0.1, 0.15) is 11.2 Å². The molecule has 2 amide bonds. The summed E-state index contributed by atoms with van der Waals surface area (Å²) in [5.41, 5.74) is -0.00992. The molecule has 0 aromatic carbocycles. The first-order valence-corrected chi connectivity index (χ1v) is 9.04. The molecule has 1 aromatic heterocycles. The number of hydrogen-bond donors (Lipinski definition) is 1. The number of amides is 2. The van der Waals surface area contributed by atoms with Crippen LogP contribution in [0.15, 0.2) is 18.3 Å². The summed E-state index contributed by atoms with van der Waals surface area (Å²) >= 11 is 1.64. The zero-order chi connectivity index (χ0) is 16.8. The number of ether oxygens (including phenoxy) is 1. The van der Waals surface area contributed by atoms with Gasteiger partial charge in [-0.15, -0.1) is 0 Å². The van der Waals surface area contributed by atoms with Crippen LogP contribution >= 0.6 is 11.8 Å². The van der Waals surface area contributed by atoms with E-state index in [9.17, 15) is 9.59 Å². The summed E-state index contributed by atoms with van der Waals surface area (Å²) in [6.07, 6.45) is 3.60. The van der Waals surface area contributed by atoms with Crippen molar-refractivity contribution < 1.29 is 14.3 Å². The van der Waals surface area contributed by atoms with Crippen LogP contribution in [0.25, 0.3) is 0 Å². The number of pyridine rings is 1. The lowest BCUT2D eigenvalue weighted by Crippen LogP contribution is -2.56. The van der Waals surface area contributed by atoms with Crippen molar-refractivity contribution in [1.82, 2.24) is 15.2 Å². The minimum absolute atomic E-state index is 0.0632. The van der Waals surface area contributed by atoms with E-state index >= 15 is 0 Å². The van der Waals surface area contributed by atoms with Crippen LogP contribution in [0.1, 0.15) is 36.8 Å². The van der Waals surface area contributed by atoms with Crippen LogP contribution < -0.4 is 5.32 Å². The predicted octanol–water partition coefficient (Wildman–Crippen LogP) is 1.57. The molecule has 1 saturated heterocycles. The van der Waals surface area contributed by atoms with Gasteiger partial charge >= 0.3 is 0 Å². The van der Waals surface area contributed by atoms with Crippen LogP contribution in [0.3, 0.4) is 0 Å². The topological polar surface area (TPSA) is 71.5 Å². The first-order valence-electron chi connectivity index (χ1n) is 7.65. The van der Waals surface area contributed by atoms with Crippen molar-refractivity contribution in [1.29, 1.82) is 0 Å². The highest BCUT2D eigenvalue weighted by Gasteiger charge is 2.68. The molecule has 6 nitrogen and oxygen atoms in total. The highest BCUT2D eigenvalue weighted by atomic mass is 32.2. The SMILES string of the molecule is CSCCOC12NC(=O)C(C)(C(C)C)N1C(=O)c1cccnc12. The average molecular weight is 335 g/mol. The standard InChI is InChI=1S/C16H21N3O3S/c1-10(2)15(3)14(21)18-16(22-8-9-23-4)12-11(6-5-7-17-12)13(20)19(15)16/h5-7,10H,8-9H2,1-4H3,(H,18,21). The Bertz CT molecular complexity index is 666. The molecule has 0 radical (unpaired) electrons. The first kappa shape index (κ1) is 16.3. The zero-order valence-electron chi connectivity index (χ0n) is 13.8. The molecule has 23 heavy (non-hydrogen) atoms. The van der Waals surface area contributed by atoms with Crippen molar-refractivity contribution >= 4 is 23.6 Å². The van der Waals surface area contributed by atoms with Gasteiger partial charge in [0, 0.05) is 11.9 Å². The average Bonchev–Trinajstić information content (AvgIpc) is 2.90. The molecular weight excluding hydrogens is 314 g/mol. The Kier molecular flexibility index (Phi) is 3.88. The van der Waals surface area contributed by atoms with E-state index in [-0.39, 0.29) is 17.7 Å². The highest BCUT2D eigenvalue weighted by Crippen LogP contribution is 2.48. The van der Waals surface area contributed by atoms with E-state index in [1.54, 1.807) is 41.9 Å². The molecule has 1 aromatic rings. The minimum Gasteiger partial charge on any atom is -0.332 e. The fourth-order valence-corrected chi connectivity index (χ4v) is 3.46. The van der Waals surface area contributed by atoms with Crippen molar-refractivity contribution in [3.8, 4) is 0 Å². The number of aromatic nitrogens is 1. The third-order valence-electron chi connectivity index (χ3n) is 4.81. The molecule has 0 bridgehead atoms. The molecule has 2 unspecified atom stereocenters. The highest BCUT2D eigenvalue weighted by molar-refractivity contribution is 7.98. The summed E-state index contributed by atoms with van der Waals surface area (Å²) in [5, 5.41) is 2.92. The van der Waals surface area contributed by atoms with E-state index in [0.29, 0.717) is 17.9 Å². The van der Waals surface area contributed by atoms with Crippen LogP contribution in [0, 0.1) is 5.92 Å². The summed E-state index contributed by atoms with van der Waals surface area (Å²) in [7, 11) is 0. The summed E-state index contributed by atoms with van der Waals surface area (Å²) in [5.74, 6) is -1.01. The maximum Gasteiger partial charge on any atom is 0.271 e. The third kappa shape index (κ3) is 2.03. The van der Waals surface area contributed by atoms with Gasteiger partial charge in [-0.3, -0.25) is 19.5 Å². The van der Waals surface area contributed by atoms with Crippen LogP contribution in [0.4, 0.5) is 0 Å². The first-order chi connectivity index (χ1) is 10.9. The molecule has 2 aliphatic heterocycles. The molecule has 7 heteroatoms. The normalized spacial score (nSPS) is 29.0. The Hall–Kier alpha value is -1.60. The molecule has 1 fully saturated rings. The number of hydrogen-bond acceptors (Lipinski definition) is 5. The van der Waals surface area contributed by atoms with E-state index in [2.05, 4.69) is 10.3 Å². The van der Waals surface area contributed by atoms with Gasteiger partial charge in [0.05, 0.1) is 12.2 Å². The van der Waals surface area contributed by atoms with Gasteiger partial charge in [-0.2, -0.15) is 11.8 Å². The van der Waals surface area contributed by atoms with Gasteiger partial charge in [0.2, 0.25) is 5.91 Å². The van der Waals surface area contributed by atoms with Crippen LogP contribution in [0.2, 0.25) is 0 Å². The number of nitrogens with one attached hydrogen (secondary N) is 1. The summed E-state index contributed by atoms with van der Waals surface area (Å²) in [6, 6.07) is 3.46. The second kappa shape index (κ2) is 5.49. The van der Waals surface area contributed by atoms with Crippen molar-refractivity contribution in [2.24, 2.45) is 5.92 Å². The Morgan fingerprint density at radius 3 is 2.83 bits per heavy atom. The maximum absolute atomic E-state index is 13.0. The summed E-state index contributed by atoms with van der Waals surface area (Å²) in [4.78, 5) is 31.6. The molecular formula is C16H21N3O3S. The molecule has 124 valence electrons. The number of carbonyl (C=O) groups excluding carboxylic acids is 2. The van der Waals surface area contributed by atoms with Gasteiger partial charge < -0.3 is 10.1 Å². The quantitative estimate of drug-likeness (QED) is 0.827. The van der Waals surface area contributed by atoms with Crippen LogP contribution in [0.5, 0.6) is 0 Å². The monoisotopic (exact) mass is 335 g/mol. The lowest BCUT2D eigenvalue weighted by atomic mass is 9.87. The van der Waals surface area contributed by atoms with E-state index in [1.807, 2.05) is 20.1 Å². The van der Waals surface area contributed by atoms with Crippen LogP contribution in [-0.4, -0.2) is 45.9 Å². The Labute approximate surface area is 140 Å². The fourth-order valence-electron chi connectivity index (χ4n) is 3.21. The van der Waals surface area contributed by atoms with Gasteiger partial charge in [-0.25, -0.2) is 0 Å². The number of rotatable bonds is 5. The Balaban J connectivity index is 2.14. The number of fused-ring (bicyclic) bond motifs is 3. The zero-order valence-corrected chi connectivity index (χ0v) is 14.6. The second-order valence-electron chi connectivity index (χ2n) is 6.28. The van der Waals surface area contributed by atoms with Crippen molar-refractivity contribution in [2.75, 3.05) is 18.6 Å². The lowest BCUT2D eigenvalue weighted by Gasteiger charge is -2.39. The predicted molar refractivity (Wildman–Crippen MR) is 87.8 cm³/mol. The Morgan fingerprint density at radius 1 is 1.43 bits per heavy atom. The molecule has 3 heterocycles. The fraction of sp³-hybridized carbons (Fsp3) is 0.562. The van der Waals surface area contributed by atoms with E-state index in [0.717, 1.165) is 5.75 Å². The van der Waals surface area contributed by atoms with Crippen molar-refractivity contribution in [3.63, 3.8) is 0 Å². The summed E-state index contributed by atoms with van der Waals surface area (Å²) < 4.78 is 6.06. The molecule has 0 saturated carbocycles. The lowest BCUT2D eigenvalue weighted by molar-refractivity contribution is -0.152. The number of thioether (sulfide) groups is 1. The molecule has 1 N–H and O–H groups in total. The van der Waals surface area contributed by atoms with Crippen molar-refractivity contribution in [3.05, 3.63) is 29.6 Å². The van der Waals surface area contributed by atoms with Gasteiger partial charge in [-0.05, 0) is 31.2 Å². The van der Waals surface area contributed by atoms with Crippen LogP contribution in [-0.2, 0) is 15.4 Å². The minimum atomic E-state index is -1.29. The van der Waals surface area contributed by atoms with Gasteiger partial charge in [-0.1, -0.05) is 13.8 Å². The van der Waals surface area contributed by atoms with Crippen molar-refractivity contribution in [2.45, 2.75) is 32.2 Å². The molecule has 0 spiro atoms. The van der Waals surface area contributed by atoms with E-state index in [4.69, 9.17) is 4.74 Å². The van der Waals surface area contributed by atoms with Gasteiger partial charge in [0.15, 0.2) is 0 Å². The molecule has 3 rings (SSSR count). The maximum atomic E-state index is 13.0. The third-order valence-corrected chi connectivity index (χ3v) is 5.38. The Morgan fingerprint density at radius 2 is 2.17 bits per heavy atom. The molecule has 2 aliphatic rings. The second-order valence-corrected chi connectivity index (χ2v) is 7.27. The summed E-state index contributed by atoms with van der Waals surface area (Å²) in [6.45, 7) is 6.06. The molecule has 2 atom stereocenters. The molecule has 0 aliphatic carbocycles. The number of nitrogens with zero attached hydrogens (tertiary/aromatic N) is 2. The smallest absolute Gasteiger partial charge is 0.271 e.